The molecule has 1 aliphatic heterocycles. The summed E-state index contributed by atoms with van der Waals surface area (Å²) in [5, 5.41) is 13.4. The van der Waals surface area contributed by atoms with E-state index in [0.29, 0.717) is 5.75 Å². The average Bonchev–Trinajstić information content (AvgIpc) is 2.83. The zero-order valence-electron chi connectivity index (χ0n) is 10.2. The van der Waals surface area contributed by atoms with Crippen molar-refractivity contribution in [3.63, 3.8) is 0 Å². The largest absolute Gasteiger partial charge is 0.508 e. The third-order valence-corrected chi connectivity index (χ3v) is 3.43. The molecule has 1 aliphatic rings. The summed E-state index contributed by atoms with van der Waals surface area (Å²) in [5.41, 5.74) is 3.26. The number of phenols is 1. The van der Waals surface area contributed by atoms with Crippen LogP contribution in [0.25, 0.3) is 0 Å². The Morgan fingerprint density at radius 2 is 1.89 bits per heavy atom. The summed E-state index contributed by atoms with van der Waals surface area (Å²) in [5.74, 6) is 1.23. The maximum atomic E-state index is 9.95. The van der Waals surface area contributed by atoms with E-state index in [1.165, 1.54) is 11.1 Å². The molecule has 0 radical (unpaired) electrons. The zero-order chi connectivity index (χ0) is 12.5. The highest BCUT2D eigenvalue weighted by atomic mass is 16.5. The van der Waals surface area contributed by atoms with E-state index < -0.39 is 0 Å². The molecule has 0 aromatic heterocycles. The lowest BCUT2D eigenvalue weighted by Gasteiger charge is -2.14. The molecule has 1 unspecified atom stereocenters. The molecule has 0 saturated carbocycles. The molecule has 0 amide bonds. The van der Waals surface area contributed by atoms with Crippen LogP contribution in [0.5, 0.6) is 11.5 Å². The highest BCUT2D eigenvalue weighted by Gasteiger charge is 2.27. The number of phenolic OH excluding ortho intramolecular Hbond substituents is 1. The molecule has 0 bridgehead atoms. The van der Waals surface area contributed by atoms with Gasteiger partial charge in [-0.15, -0.1) is 0 Å². The molecule has 1 atom stereocenters. The van der Waals surface area contributed by atoms with Crippen LogP contribution in [-0.4, -0.2) is 12.2 Å². The molecule has 2 N–H and O–H groups in total. The molecule has 0 saturated heterocycles. The molecule has 0 aliphatic carbocycles. The molecule has 92 valence electrons. The second kappa shape index (κ2) is 4.35. The number of ether oxygens (including phenoxy) is 1. The van der Waals surface area contributed by atoms with Gasteiger partial charge in [0.05, 0.1) is 13.2 Å². The highest BCUT2D eigenvalue weighted by molar-refractivity contribution is 5.50. The van der Waals surface area contributed by atoms with E-state index >= 15 is 0 Å². The fourth-order valence-electron chi connectivity index (χ4n) is 2.56. The number of aromatic hydroxyl groups is 1. The van der Waals surface area contributed by atoms with Crippen molar-refractivity contribution in [3.8, 4) is 11.5 Å². The summed E-state index contributed by atoms with van der Waals surface area (Å²) < 4.78 is 5.37. The van der Waals surface area contributed by atoms with Crippen LogP contribution in [0, 0.1) is 0 Å². The number of nitrogens with one attached hydrogen (secondary N) is 1. The number of hydrogen-bond donors (Lipinski definition) is 2. The van der Waals surface area contributed by atoms with Gasteiger partial charge < -0.3 is 15.2 Å². The second-order valence-corrected chi connectivity index (χ2v) is 4.40. The van der Waals surface area contributed by atoms with Gasteiger partial charge >= 0.3 is 0 Å². The zero-order valence-corrected chi connectivity index (χ0v) is 10.2. The molecular formula is C15H15NO2. The fourth-order valence-corrected chi connectivity index (χ4v) is 2.56. The maximum absolute atomic E-state index is 9.95. The van der Waals surface area contributed by atoms with E-state index in [0.717, 1.165) is 17.9 Å². The van der Waals surface area contributed by atoms with Crippen LogP contribution >= 0.6 is 0 Å². The number of benzene rings is 2. The predicted molar refractivity (Wildman–Crippen MR) is 69.8 cm³/mol. The summed E-state index contributed by atoms with van der Waals surface area (Å²) in [7, 11) is 1.68. The quantitative estimate of drug-likeness (QED) is 0.849. The number of fused-ring (bicyclic) bond motifs is 1. The molecule has 3 rings (SSSR count). The molecule has 3 heteroatoms. The average molecular weight is 241 g/mol. The van der Waals surface area contributed by atoms with Crippen LogP contribution in [0.2, 0.25) is 0 Å². The number of hydrogen-bond acceptors (Lipinski definition) is 3. The van der Waals surface area contributed by atoms with Crippen molar-refractivity contribution in [2.24, 2.45) is 0 Å². The van der Waals surface area contributed by atoms with Gasteiger partial charge in [0.25, 0.3) is 0 Å². The smallest absolute Gasteiger partial charge is 0.123 e. The van der Waals surface area contributed by atoms with Gasteiger partial charge in [-0.1, -0.05) is 30.3 Å². The Hall–Kier alpha value is -2.00. The SMILES string of the molecule is COc1cccc2c1CNC2c1ccccc1O. The lowest BCUT2D eigenvalue weighted by atomic mass is 9.97. The van der Waals surface area contributed by atoms with Crippen LogP contribution in [0.1, 0.15) is 22.7 Å². The van der Waals surface area contributed by atoms with Crippen molar-refractivity contribution in [2.75, 3.05) is 7.11 Å². The first-order valence-electron chi connectivity index (χ1n) is 5.98. The van der Waals surface area contributed by atoms with Gasteiger partial charge in [-0.05, 0) is 17.7 Å². The summed E-state index contributed by atoms with van der Waals surface area (Å²) in [6.45, 7) is 0.762. The minimum Gasteiger partial charge on any atom is -0.508 e. The van der Waals surface area contributed by atoms with Gasteiger partial charge in [0, 0.05) is 17.7 Å². The van der Waals surface area contributed by atoms with Gasteiger partial charge in [0.15, 0.2) is 0 Å². The third-order valence-electron chi connectivity index (χ3n) is 3.43. The Morgan fingerprint density at radius 1 is 1.11 bits per heavy atom. The Bertz CT molecular complexity index is 580. The van der Waals surface area contributed by atoms with Crippen LogP contribution in [-0.2, 0) is 6.54 Å². The lowest BCUT2D eigenvalue weighted by Crippen LogP contribution is -2.13. The molecule has 0 spiro atoms. The van der Waals surface area contributed by atoms with Crippen LogP contribution in [0.4, 0.5) is 0 Å². The third kappa shape index (κ3) is 1.64. The Morgan fingerprint density at radius 3 is 2.67 bits per heavy atom. The molecule has 0 fully saturated rings. The summed E-state index contributed by atoms with van der Waals surface area (Å²) in [4.78, 5) is 0. The van der Waals surface area contributed by atoms with Gasteiger partial charge in [0.2, 0.25) is 0 Å². The van der Waals surface area contributed by atoms with Crippen molar-refractivity contribution in [1.82, 2.24) is 5.32 Å². The Labute approximate surface area is 106 Å². The number of methoxy groups -OCH3 is 1. The first-order chi connectivity index (χ1) is 8.81. The van der Waals surface area contributed by atoms with Crippen molar-refractivity contribution < 1.29 is 9.84 Å². The standard InChI is InChI=1S/C15H15NO2/c1-18-14-8-4-6-10-12(14)9-16-15(10)11-5-2-3-7-13(11)17/h2-8,15-17H,9H2,1H3. The molecular weight excluding hydrogens is 226 g/mol. The molecule has 1 heterocycles. The van der Waals surface area contributed by atoms with Crippen LogP contribution < -0.4 is 10.1 Å². The van der Waals surface area contributed by atoms with Gasteiger partial charge in [-0.2, -0.15) is 0 Å². The first-order valence-corrected chi connectivity index (χ1v) is 5.98. The topological polar surface area (TPSA) is 41.5 Å². The van der Waals surface area contributed by atoms with Gasteiger partial charge in [-0.25, -0.2) is 0 Å². The molecule has 18 heavy (non-hydrogen) atoms. The summed E-state index contributed by atoms with van der Waals surface area (Å²) in [6.07, 6.45) is 0. The number of para-hydroxylation sites is 1. The first kappa shape index (κ1) is 11.1. The van der Waals surface area contributed by atoms with Crippen molar-refractivity contribution in [2.45, 2.75) is 12.6 Å². The Kier molecular flexibility index (Phi) is 2.68. The van der Waals surface area contributed by atoms with E-state index in [4.69, 9.17) is 4.74 Å². The summed E-state index contributed by atoms with van der Waals surface area (Å²) >= 11 is 0. The molecule has 2 aromatic carbocycles. The van der Waals surface area contributed by atoms with Crippen molar-refractivity contribution in [1.29, 1.82) is 0 Å². The van der Waals surface area contributed by atoms with Crippen molar-refractivity contribution >= 4 is 0 Å². The predicted octanol–water partition coefficient (Wildman–Crippen LogP) is 2.59. The van der Waals surface area contributed by atoms with E-state index in [2.05, 4.69) is 11.4 Å². The van der Waals surface area contributed by atoms with Crippen molar-refractivity contribution in [3.05, 3.63) is 59.2 Å². The van der Waals surface area contributed by atoms with Crippen LogP contribution in [0.3, 0.4) is 0 Å². The normalized spacial score (nSPS) is 17.5. The number of rotatable bonds is 2. The van der Waals surface area contributed by atoms with E-state index in [-0.39, 0.29) is 6.04 Å². The monoisotopic (exact) mass is 241 g/mol. The van der Waals surface area contributed by atoms with E-state index in [9.17, 15) is 5.11 Å². The molecule has 2 aromatic rings. The second-order valence-electron chi connectivity index (χ2n) is 4.40. The Balaban J connectivity index is 2.08. The van der Waals surface area contributed by atoms with Crippen LogP contribution in [0.15, 0.2) is 42.5 Å². The van der Waals surface area contributed by atoms with E-state index in [1.54, 1.807) is 13.2 Å². The van der Waals surface area contributed by atoms with E-state index in [1.807, 2.05) is 30.3 Å². The molecule has 3 nitrogen and oxygen atoms in total. The van der Waals surface area contributed by atoms with Gasteiger partial charge in [0.1, 0.15) is 11.5 Å². The minimum absolute atomic E-state index is 0.0382. The maximum Gasteiger partial charge on any atom is 0.123 e. The van der Waals surface area contributed by atoms with Gasteiger partial charge in [-0.3, -0.25) is 0 Å². The highest BCUT2D eigenvalue weighted by Crippen LogP contribution is 2.38. The lowest BCUT2D eigenvalue weighted by molar-refractivity contribution is 0.410. The fraction of sp³-hybridized carbons (Fsp3) is 0.200. The minimum atomic E-state index is 0.0382. The summed E-state index contributed by atoms with van der Waals surface area (Å²) in [6, 6.07) is 13.5.